The summed E-state index contributed by atoms with van der Waals surface area (Å²) in [5, 5.41) is 2.54. The molecule has 0 radical (unpaired) electrons. The number of carbonyl (C=O) groups is 1. The number of aromatic nitrogens is 2. The fourth-order valence-electron chi connectivity index (χ4n) is 5.15. The number of rotatable bonds is 3. The van der Waals surface area contributed by atoms with Gasteiger partial charge in [0.1, 0.15) is 5.41 Å². The summed E-state index contributed by atoms with van der Waals surface area (Å²) in [7, 11) is 0. The van der Waals surface area contributed by atoms with Crippen molar-refractivity contribution < 1.29 is 4.79 Å². The van der Waals surface area contributed by atoms with E-state index in [1.165, 1.54) is 0 Å². The van der Waals surface area contributed by atoms with E-state index in [0.29, 0.717) is 5.02 Å². The molecule has 5 aromatic rings. The Bertz CT molecular complexity index is 1490. The first-order valence-corrected chi connectivity index (χ1v) is 10.7. The minimum atomic E-state index is -1.10. The number of H-pyrrole nitrogens is 2. The summed E-state index contributed by atoms with van der Waals surface area (Å²) in [4.78, 5) is 22.8. The third kappa shape index (κ3) is 2.32. The molecule has 32 heavy (non-hydrogen) atoms. The Labute approximate surface area is 189 Å². The van der Waals surface area contributed by atoms with E-state index in [-0.39, 0.29) is 12.5 Å². The third-order valence-electron chi connectivity index (χ3n) is 6.46. The molecule has 0 fully saturated rings. The van der Waals surface area contributed by atoms with Gasteiger partial charge in [0.05, 0.1) is 6.54 Å². The number of terminal acetylenes is 1. The maximum absolute atomic E-state index is 14.4. The van der Waals surface area contributed by atoms with E-state index in [9.17, 15) is 4.79 Å². The maximum atomic E-state index is 14.4. The molecule has 154 valence electrons. The van der Waals surface area contributed by atoms with Crippen LogP contribution in [0.5, 0.6) is 0 Å². The number of aromatic amines is 2. The van der Waals surface area contributed by atoms with E-state index in [0.717, 1.165) is 44.2 Å². The molecule has 0 saturated heterocycles. The molecule has 1 aliphatic heterocycles. The molecule has 1 amide bonds. The lowest BCUT2D eigenvalue weighted by atomic mass is 9.70. The van der Waals surface area contributed by atoms with Gasteiger partial charge in [-0.1, -0.05) is 53.9 Å². The molecule has 5 heteroatoms. The molecule has 0 atom stereocenters. The largest absolute Gasteiger partial charge is 0.361 e. The summed E-state index contributed by atoms with van der Waals surface area (Å²) in [5.41, 5.74) is 4.21. The van der Waals surface area contributed by atoms with Gasteiger partial charge in [0.15, 0.2) is 0 Å². The molecule has 0 unspecified atom stereocenters. The molecule has 6 rings (SSSR count). The molecule has 3 heterocycles. The van der Waals surface area contributed by atoms with Crippen molar-refractivity contribution in [3.05, 3.63) is 101 Å². The highest BCUT2D eigenvalue weighted by atomic mass is 35.5. The van der Waals surface area contributed by atoms with E-state index in [4.69, 9.17) is 18.0 Å². The first-order valence-electron chi connectivity index (χ1n) is 10.3. The molecule has 0 aliphatic carbocycles. The van der Waals surface area contributed by atoms with Gasteiger partial charge in [-0.3, -0.25) is 9.69 Å². The number of fused-ring (bicyclic) bond motifs is 3. The average molecular weight is 436 g/mol. The van der Waals surface area contributed by atoms with Gasteiger partial charge in [-0.2, -0.15) is 0 Å². The second-order valence-corrected chi connectivity index (χ2v) is 8.44. The molecule has 3 aromatic carbocycles. The minimum Gasteiger partial charge on any atom is -0.361 e. The Morgan fingerprint density at radius 3 is 2.06 bits per heavy atom. The van der Waals surface area contributed by atoms with Crippen LogP contribution < -0.4 is 4.90 Å². The monoisotopic (exact) mass is 435 g/mol. The molecule has 0 saturated carbocycles. The Morgan fingerprint density at radius 2 is 1.47 bits per heavy atom. The second kappa shape index (κ2) is 6.78. The number of anilines is 1. The van der Waals surface area contributed by atoms with Crippen molar-refractivity contribution in [2.75, 3.05) is 11.4 Å². The van der Waals surface area contributed by atoms with Gasteiger partial charge in [-0.15, -0.1) is 6.42 Å². The standard InChI is InChI=1S/C27H18ClN3O/c1-2-13-31-25-12-11-17(28)14-20(25)27(26(31)32,21-15-29-23-9-5-3-7-18(21)23)22-16-30-24-10-6-4-8-19(22)24/h1,3-12,14-16,29-30H,13H2. The van der Waals surface area contributed by atoms with Gasteiger partial charge in [0.2, 0.25) is 5.91 Å². The zero-order valence-corrected chi connectivity index (χ0v) is 17.8. The van der Waals surface area contributed by atoms with Crippen LogP contribution in [0.4, 0.5) is 5.69 Å². The van der Waals surface area contributed by atoms with Crippen LogP contribution in [0.25, 0.3) is 21.8 Å². The van der Waals surface area contributed by atoms with Gasteiger partial charge in [-0.25, -0.2) is 0 Å². The number of carbonyl (C=O) groups excluding carboxylic acids is 1. The quantitative estimate of drug-likeness (QED) is 0.355. The van der Waals surface area contributed by atoms with E-state index in [1.807, 2.05) is 73.1 Å². The molecule has 4 nitrogen and oxygen atoms in total. The Hall–Kier alpha value is -3.94. The fourth-order valence-corrected chi connectivity index (χ4v) is 5.32. The summed E-state index contributed by atoms with van der Waals surface area (Å²) in [6, 6.07) is 21.6. The third-order valence-corrected chi connectivity index (χ3v) is 6.69. The normalized spacial score (nSPS) is 14.8. The number of amides is 1. The molecule has 0 spiro atoms. The van der Waals surface area contributed by atoms with Crippen molar-refractivity contribution in [1.82, 2.24) is 9.97 Å². The molecule has 0 bridgehead atoms. The zero-order chi connectivity index (χ0) is 21.9. The van der Waals surface area contributed by atoms with Crippen LogP contribution in [0.15, 0.2) is 79.1 Å². The van der Waals surface area contributed by atoms with Gasteiger partial charge < -0.3 is 9.97 Å². The van der Waals surface area contributed by atoms with Crippen LogP contribution in [-0.4, -0.2) is 22.4 Å². The van der Waals surface area contributed by atoms with Gasteiger partial charge in [-0.05, 0) is 30.3 Å². The number of nitrogens with one attached hydrogen (secondary N) is 2. The van der Waals surface area contributed by atoms with Crippen molar-refractivity contribution in [2.45, 2.75) is 5.41 Å². The first-order chi connectivity index (χ1) is 15.7. The first kappa shape index (κ1) is 18.8. The van der Waals surface area contributed by atoms with Gasteiger partial charge in [0.25, 0.3) is 0 Å². The van der Waals surface area contributed by atoms with Crippen LogP contribution in [0, 0.1) is 12.3 Å². The zero-order valence-electron chi connectivity index (χ0n) is 17.0. The number of nitrogens with zero attached hydrogens (tertiary/aromatic N) is 1. The van der Waals surface area contributed by atoms with Gasteiger partial charge >= 0.3 is 0 Å². The topological polar surface area (TPSA) is 51.9 Å². The molecule has 2 aromatic heterocycles. The maximum Gasteiger partial charge on any atom is 0.247 e. The lowest BCUT2D eigenvalue weighted by Crippen LogP contribution is -2.42. The second-order valence-electron chi connectivity index (χ2n) is 8.00. The Kier molecular flexibility index (Phi) is 3.98. The van der Waals surface area contributed by atoms with Crippen LogP contribution in [-0.2, 0) is 10.2 Å². The van der Waals surface area contributed by atoms with E-state index >= 15 is 0 Å². The summed E-state index contributed by atoms with van der Waals surface area (Å²) < 4.78 is 0. The van der Waals surface area contributed by atoms with E-state index in [1.54, 1.807) is 11.0 Å². The molecular weight excluding hydrogens is 418 g/mol. The summed E-state index contributed by atoms with van der Waals surface area (Å²) in [5.74, 6) is 2.57. The SMILES string of the molecule is C#CCN1C(=O)C(c2c[nH]c3ccccc23)(c2c[nH]c3ccccc23)c2cc(Cl)ccc21. The molecule has 2 N–H and O–H groups in total. The summed E-state index contributed by atoms with van der Waals surface area (Å²) in [6.07, 6.45) is 9.56. The summed E-state index contributed by atoms with van der Waals surface area (Å²) in [6.45, 7) is 0.180. The lowest BCUT2D eigenvalue weighted by molar-refractivity contribution is -0.120. The smallest absolute Gasteiger partial charge is 0.247 e. The minimum absolute atomic E-state index is 0.0813. The predicted octanol–water partition coefficient (Wildman–Crippen LogP) is 5.62. The number of para-hydroxylation sites is 2. The van der Waals surface area contributed by atoms with Crippen molar-refractivity contribution in [3.8, 4) is 12.3 Å². The van der Waals surface area contributed by atoms with Crippen molar-refractivity contribution in [1.29, 1.82) is 0 Å². The number of hydrogen-bond acceptors (Lipinski definition) is 1. The highest BCUT2D eigenvalue weighted by Crippen LogP contribution is 2.54. The predicted molar refractivity (Wildman–Crippen MR) is 129 cm³/mol. The van der Waals surface area contributed by atoms with E-state index in [2.05, 4.69) is 15.9 Å². The van der Waals surface area contributed by atoms with Crippen LogP contribution in [0.3, 0.4) is 0 Å². The van der Waals surface area contributed by atoms with Crippen LogP contribution in [0.1, 0.15) is 16.7 Å². The lowest BCUT2D eigenvalue weighted by Gasteiger charge is -2.29. The van der Waals surface area contributed by atoms with Crippen LogP contribution >= 0.6 is 11.6 Å². The number of halogens is 1. The fraction of sp³-hybridized carbons (Fsp3) is 0.0741. The van der Waals surface area contributed by atoms with Crippen molar-refractivity contribution >= 4 is 45.0 Å². The highest BCUT2D eigenvalue weighted by molar-refractivity contribution is 6.31. The van der Waals surface area contributed by atoms with Crippen molar-refractivity contribution in [2.24, 2.45) is 0 Å². The number of hydrogen-bond donors (Lipinski definition) is 2. The molecule has 1 aliphatic rings. The van der Waals surface area contributed by atoms with Gasteiger partial charge in [0, 0.05) is 61.6 Å². The van der Waals surface area contributed by atoms with Crippen LogP contribution in [0.2, 0.25) is 5.02 Å². The van der Waals surface area contributed by atoms with E-state index < -0.39 is 5.41 Å². The Balaban J connectivity index is 1.81. The Morgan fingerprint density at radius 1 is 0.875 bits per heavy atom. The summed E-state index contributed by atoms with van der Waals surface area (Å²) >= 11 is 6.50. The van der Waals surface area contributed by atoms with Crippen molar-refractivity contribution in [3.63, 3.8) is 0 Å². The average Bonchev–Trinajstić information content (AvgIpc) is 3.49. The molecular formula is C27H18ClN3O. The number of benzene rings is 3. The highest BCUT2D eigenvalue weighted by Gasteiger charge is 2.55.